The maximum Gasteiger partial charge on any atom is 2.00 e. The van der Waals surface area contributed by atoms with Crippen molar-refractivity contribution >= 4 is 76.2 Å². The third-order valence-electron chi connectivity index (χ3n) is 4.62. The molecule has 176 valence electrons. The van der Waals surface area contributed by atoms with Crippen LogP contribution in [-0.2, 0) is 20.2 Å². The van der Waals surface area contributed by atoms with Gasteiger partial charge in [0.05, 0.1) is 30.4 Å². The first kappa shape index (κ1) is 28.0. The van der Waals surface area contributed by atoms with Crippen molar-refractivity contribution < 1.29 is 35.8 Å². The van der Waals surface area contributed by atoms with Crippen LogP contribution in [0.5, 0.6) is 0 Å². The molecule has 12 nitrogen and oxygen atoms in total. The zero-order valence-electron chi connectivity index (χ0n) is 17.4. The Morgan fingerprint density at radius 3 is 1.09 bits per heavy atom. The molecule has 0 aliphatic rings. The fourth-order valence-corrected chi connectivity index (χ4v) is 4.73. The summed E-state index contributed by atoms with van der Waals surface area (Å²) in [4.78, 5) is 19.0. The van der Waals surface area contributed by atoms with Gasteiger partial charge in [-0.3, -0.25) is 20.2 Å². The molecular formula is C20H12MgN2O10S2. The summed E-state index contributed by atoms with van der Waals surface area (Å²) in [5, 5.41) is 22.0. The molecule has 15 heteroatoms. The molecule has 0 heterocycles. The van der Waals surface area contributed by atoms with Crippen LogP contribution in [0.3, 0.4) is 0 Å². The average molecular weight is 529 g/mol. The smallest absolute Gasteiger partial charge is 0.744 e. The Morgan fingerprint density at radius 1 is 0.543 bits per heavy atom. The van der Waals surface area contributed by atoms with Crippen LogP contribution >= 0.6 is 0 Å². The standard InChI is InChI=1S/2C10H7NO5S.Mg/c2*12-11(13)8-5-1-3-7-4-2-6-9(10(7)8)17(14,15)16;/h2*1-6H,(H,14,15,16);/q;;+2/p-2. The van der Waals surface area contributed by atoms with Crippen molar-refractivity contribution in [3.8, 4) is 0 Å². The van der Waals surface area contributed by atoms with Crippen molar-refractivity contribution in [1.82, 2.24) is 0 Å². The van der Waals surface area contributed by atoms with Crippen LogP contribution in [0.4, 0.5) is 11.4 Å². The molecule has 0 radical (unpaired) electrons. The van der Waals surface area contributed by atoms with Gasteiger partial charge in [-0.15, -0.1) is 0 Å². The minimum absolute atomic E-state index is 0. The zero-order chi connectivity index (χ0) is 25.3. The van der Waals surface area contributed by atoms with Crippen molar-refractivity contribution in [3.63, 3.8) is 0 Å². The predicted molar refractivity (Wildman–Crippen MR) is 123 cm³/mol. The molecule has 0 fully saturated rings. The molecule has 0 spiro atoms. The van der Waals surface area contributed by atoms with E-state index in [0.29, 0.717) is 10.8 Å². The van der Waals surface area contributed by atoms with Crippen molar-refractivity contribution in [1.29, 1.82) is 0 Å². The van der Waals surface area contributed by atoms with Gasteiger partial charge in [0.15, 0.2) is 0 Å². The Kier molecular flexibility index (Phi) is 8.48. The van der Waals surface area contributed by atoms with Gasteiger partial charge in [-0.25, -0.2) is 16.8 Å². The number of nitrogens with zero attached hydrogens (tertiary/aromatic N) is 2. The summed E-state index contributed by atoms with van der Waals surface area (Å²) >= 11 is 0. The average Bonchev–Trinajstić information content (AvgIpc) is 2.76. The van der Waals surface area contributed by atoms with Gasteiger partial charge in [0.25, 0.3) is 11.4 Å². The van der Waals surface area contributed by atoms with Gasteiger partial charge in [-0.1, -0.05) is 48.5 Å². The topological polar surface area (TPSA) is 201 Å². The van der Waals surface area contributed by atoms with Crippen molar-refractivity contribution in [3.05, 3.63) is 93.0 Å². The molecule has 4 rings (SSSR count). The summed E-state index contributed by atoms with van der Waals surface area (Å²) in [7, 11) is -9.48. The molecule has 4 aromatic carbocycles. The van der Waals surface area contributed by atoms with Crippen LogP contribution in [0, 0.1) is 20.2 Å². The molecule has 0 saturated carbocycles. The minimum atomic E-state index is -4.74. The van der Waals surface area contributed by atoms with Gasteiger partial charge in [-0.2, -0.15) is 0 Å². The maximum absolute atomic E-state index is 11.0. The van der Waals surface area contributed by atoms with Gasteiger partial charge >= 0.3 is 23.1 Å². The normalized spacial score (nSPS) is 11.3. The van der Waals surface area contributed by atoms with E-state index >= 15 is 0 Å². The van der Waals surface area contributed by atoms with E-state index in [-0.39, 0.29) is 33.8 Å². The zero-order valence-corrected chi connectivity index (χ0v) is 20.5. The number of nitro groups is 2. The predicted octanol–water partition coefficient (Wildman–Crippen LogP) is 2.92. The largest absolute Gasteiger partial charge is 2.00 e. The van der Waals surface area contributed by atoms with E-state index in [2.05, 4.69) is 0 Å². The first-order valence-corrected chi connectivity index (χ1v) is 11.9. The second-order valence-corrected chi connectivity index (χ2v) is 9.38. The molecule has 0 N–H and O–H groups in total. The summed E-state index contributed by atoms with van der Waals surface area (Å²) in [6.07, 6.45) is 0. The summed E-state index contributed by atoms with van der Waals surface area (Å²) in [5.74, 6) is 0. The Morgan fingerprint density at radius 2 is 0.829 bits per heavy atom. The van der Waals surface area contributed by atoms with Gasteiger partial charge in [-0.05, 0) is 22.9 Å². The van der Waals surface area contributed by atoms with E-state index in [1.165, 1.54) is 48.5 Å². The summed E-state index contributed by atoms with van der Waals surface area (Å²) in [6.45, 7) is 0. The van der Waals surface area contributed by atoms with Gasteiger partial charge in [0.2, 0.25) is 0 Å². The molecule has 0 unspecified atom stereocenters. The van der Waals surface area contributed by atoms with Gasteiger partial charge < -0.3 is 9.11 Å². The molecule has 0 aliphatic carbocycles. The van der Waals surface area contributed by atoms with Crippen molar-refractivity contribution in [2.45, 2.75) is 9.79 Å². The Bertz CT molecular complexity index is 1540. The fraction of sp³-hybridized carbons (Fsp3) is 0. The fourth-order valence-electron chi connectivity index (χ4n) is 3.30. The number of hydrogen-bond acceptors (Lipinski definition) is 10. The Hall–Kier alpha value is -3.21. The molecule has 0 amide bonds. The number of rotatable bonds is 4. The molecular weight excluding hydrogens is 517 g/mol. The van der Waals surface area contributed by atoms with Crippen LogP contribution in [0.2, 0.25) is 0 Å². The van der Waals surface area contributed by atoms with Gasteiger partial charge in [0, 0.05) is 12.1 Å². The Labute approximate surface area is 214 Å². The van der Waals surface area contributed by atoms with Crippen LogP contribution in [0.15, 0.2) is 82.6 Å². The van der Waals surface area contributed by atoms with Crippen LogP contribution in [0.1, 0.15) is 0 Å². The molecule has 0 saturated heterocycles. The van der Waals surface area contributed by atoms with Crippen molar-refractivity contribution in [2.24, 2.45) is 0 Å². The molecule has 4 aromatic rings. The van der Waals surface area contributed by atoms with E-state index in [9.17, 15) is 46.2 Å². The second-order valence-electron chi connectivity index (χ2n) is 6.69. The summed E-state index contributed by atoms with van der Waals surface area (Å²) in [5.41, 5.74) is -0.782. The van der Waals surface area contributed by atoms with Crippen LogP contribution < -0.4 is 0 Å². The van der Waals surface area contributed by atoms with Gasteiger partial charge in [0.1, 0.15) is 20.2 Å². The maximum atomic E-state index is 11.0. The van der Waals surface area contributed by atoms with Crippen LogP contribution in [-0.4, -0.2) is 58.8 Å². The summed E-state index contributed by atoms with van der Waals surface area (Å²) in [6, 6.07) is 16.1. The molecule has 0 atom stereocenters. The Balaban J connectivity index is 0.000000240. The number of hydrogen-bond donors (Lipinski definition) is 0. The number of non-ortho nitro benzene ring substituents is 2. The molecule has 35 heavy (non-hydrogen) atoms. The van der Waals surface area contributed by atoms with Crippen LogP contribution in [0.25, 0.3) is 21.5 Å². The van der Waals surface area contributed by atoms with Crippen molar-refractivity contribution in [2.75, 3.05) is 0 Å². The van der Waals surface area contributed by atoms with E-state index in [4.69, 9.17) is 0 Å². The molecule has 0 aromatic heterocycles. The van der Waals surface area contributed by atoms with E-state index in [0.717, 1.165) is 24.3 Å². The first-order chi connectivity index (χ1) is 15.8. The summed E-state index contributed by atoms with van der Waals surface area (Å²) < 4.78 is 66.3. The number of benzene rings is 4. The number of fused-ring (bicyclic) bond motifs is 2. The minimum Gasteiger partial charge on any atom is -0.744 e. The van der Waals surface area contributed by atoms with E-state index < -0.39 is 51.2 Å². The molecule has 0 bridgehead atoms. The van der Waals surface area contributed by atoms with E-state index in [1.54, 1.807) is 0 Å². The third kappa shape index (κ3) is 6.08. The molecule has 0 aliphatic heterocycles. The third-order valence-corrected chi connectivity index (χ3v) is 6.38. The SMILES string of the molecule is O=[N+]([O-])c1cccc2cccc(S(=O)(=O)[O-])c12.O=[N+]([O-])c1cccc2cccc(S(=O)(=O)[O-])c12.[Mg+2]. The number of nitro benzene ring substituents is 2. The first-order valence-electron chi connectivity index (χ1n) is 9.06. The quantitative estimate of drug-likeness (QED) is 0.164. The second kappa shape index (κ2) is 10.6. The van der Waals surface area contributed by atoms with E-state index in [1.807, 2.05) is 0 Å². The monoisotopic (exact) mass is 528 g/mol.